The lowest BCUT2D eigenvalue weighted by Crippen LogP contribution is -2.34. The van der Waals surface area contributed by atoms with E-state index < -0.39 is 6.29 Å². The monoisotopic (exact) mass is 371 g/mol. The highest BCUT2D eigenvalue weighted by molar-refractivity contribution is 5.56. The molecular weight excluding hydrogens is 350 g/mol. The molecule has 7 nitrogen and oxygen atoms in total. The van der Waals surface area contributed by atoms with Crippen molar-refractivity contribution in [1.82, 2.24) is 5.32 Å². The van der Waals surface area contributed by atoms with Gasteiger partial charge in [-0.05, 0) is 47.9 Å². The van der Waals surface area contributed by atoms with Gasteiger partial charge in [0.2, 0.25) is 6.79 Å². The van der Waals surface area contributed by atoms with Crippen molar-refractivity contribution in [3.05, 3.63) is 46.5 Å². The Morgan fingerprint density at radius 1 is 1.15 bits per heavy atom. The number of hydrogen-bond acceptors (Lipinski definition) is 7. The Bertz CT molecular complexity index is 899. The van der Waals surface area contributed by atoms with Gasteiger partial charge in [0.05, 0.1) is 18.7 Å². The Hall–Kier alpha value is -2.48. The fourth-order valence-electron chi connectivity index (χ4n) is 4.24. The van der Waals surface area contributed by atoms with E-state index in [1.807, 2.05) is 18.2 Å². The second-order valence-electron chi connectivity index (χ2n) is 6.83. The third-order valence-corrected chi connectivity index (χ3v) is 5.47. The van der Waals surface area contributed by atoms with Gasteiger partial charge in [-0.2, -0.15) is 0 Å². The first-order valence-corrected chi connectivity index (χ1v) is 8.95. The van der Waals surface area contributed by atoms with Gasteiger partial charge in [0.15, 0.2) is 29.3 Å². The Morgan fingerprint density at radius 3 is 2.85 bits per heavy atom. The highest BCUT2D eigenvalue weighted by atomic mass is 16.7. The Balaban J connectivity index is 1.66. The summed E-state index contributed by atoms with van der Waals surface area (Å²) in [5, 5.41) is 13.9. The largest absolute Gasteiger partial charge is 0.504 e. The summed E-state index contributed by atoms with van der Waals surface area (Å²) in [5.74, 6) is 1.96. The molecule has 7 heteroatoms. The van der Waals surface area contributed by atoms with Crippen LogP contribution in [0.5, 0.6) is 23.0 Å². The van der Waals surface area contributed by atoms with Crippen molar-refractivity contribution in [1.29, 1.82) is 0 Å². The summed E-state index contributed by atoms with van der Waals surface area (Å²) in [6.07, 6.45) is -0.0909. The van der Waals surface area contributed by atoms with Crippen LogP contribution in [0, 0.1) is 0 Å². The summed E-state index contributed by atoms with van der Waals surface area (Å²) < 4.78 is 28.5. The predicted octanol–water partition coefficient (Wildman–Crippen LogP) is 2.73. The van der Waals surface area contributed by atoms with E-state index in [-0.39, 0.29) is 24.7 Å². The minimum absolute atomic E-state index is 0.0880. The molecule has 27 heavy (non-hydrogen) atoms. The zero-order valence-corrected chi connectivity index (χ0v) is 15.2. The van der Waals surface area contributed by atoms with E-state index in [0.717, 1.165) is 35.2 Å². The topological polar surface area (TPSA) is 78.4 Å². The molecule has 2 N–H and O–H groups in total. The van der Waals surface area contributed by atoms with Crippen molar-refractivity contribution in [3.63, 3.8) is 0 Å². The normalized spacial score (nSPS) is 25.2. The summed E-state index contributed by atoms with van der Waals surface area (Å²) in [4.78, 5) is 0. The van der Waals surface area contributed by atoms with E-state index in [1.54, 1.807) is 20.3 Å². The van der Waals surface area contributed by atoms with Gasteiger partial charge in [0, 0.05) is 7.11 Å². The number of ether oxygens (including phenoxy) is 5. The Kier molecular flexibility index (Phi) is 3.89. The van der Waals surface area contributed by atoms with Gasteiger partial charge in [-0.3, -0.25) is 0 Å². The summed E-state index contributed by atoms with van der Waals surface area (Å²) in [6, 6.07) is 7.50. The molecule has 2 aromatic carbocycles. The van der Waals surface area contributed by atoms with Crippen LogP contribution in [-0.4, -0.2) is 32.7 Å². The van der Waals surface area contributed by atoms with E-state index in [4.69, 9.17) is 23.7 Å². The van der Waals surface area contributed by atoms with E-state index in [1.165, 1.54) is 0 Å². The fourth-order valence-corrected chi connectivity index (χ4v) is 4.24. The maximum atomic E-state index is 10.3. The van der Waals surface area contributed by atoms with Crippen LogP contribution in [0.4, 0.5) is 0 Å². The number of rotatable bonds is 2. The molecule has 2 aromatic rings. The van der Waals surface area contributed by atoms with Crippen molar-refractivity contribution in [3.8, 4) is 23.0 Å². The molecule has 0 spiro atoms. The van der Waals surface area contributed by atoms with Gasteiger partial charge in [0.1, 0.15) is 6.10 Å². The molecule has 0 bridgehead atoms. The molecule has 0 aromatic heterocycles. The van der Waals surface area contributed by atoms with E-state index in [0.29, 0.717) is 17.2 Å². The lowest BCUT2D eigenvalue weighted by atomic mass is 9.87. The summed E-state index contributed by atoms with van der Waals surface area (Å²) in [6.45, 7) is 0.969. The van der Waals surface area contributed by atoms with Crippen molar-refractivity contribution in [2.45, 2.75) is 24.9 Å². The van der Waals surface area contributed by atoms with Gasteiger partial charge < -0.3 is 34.1 Å². The van der Waals surface area contributed by atoms with Crippen molar-refractivity contribution < 1.29 is 28.8 Å². The summed E-state index contributed by atoms with van der Waals surface area (Å²) >= 11 is 0. The lowest BCUT2D eigenvalue weighted by molar-refractivity contribution is -0.181. The number of fused-ring (bicyclic) bond motifs is 7. The first-order valence-electron chi connectivity index (χ1n) is 8.95. The maximum absolute atomic E-state index is 10.3. The van der Waals surface area contributed by atoms with Crippen LogP contribution in [0.25, 0.3) is 0 Å². The standard InChI is InChI=1S/C20H21NO6/c1-23-15-7-10-5-6-21-17-11-3-4-14-19(26-9-25-14)16(11)20(24-2)27-18(17)12(10)8-13(15)22/h3-4,7-8,17-18,20-22H,5-6,9H2,1-2H3/t17-,18-,20-/m1/s1. The number of aromatic hydroxyl groups is 1. The molecule has 3 aliphatic rings. The zero-order chi connectivity index (χ0) is 18.5. The average Bonchev–Trinajstić information content (AvgIpc) is 3.10. The van der Waals surface area contributed by atoms with Gasteiger partial charge in [0.25, 0.3) is 0 Å². The zero-order valence-electron chi connectivity index (χ0n) is 15.2. The molecule has 0 saturated heterocycles. The number of phenolic OH excluding ortho intramolecular Hbond substituents is 1. The van der Waals surface area contributed by atoms with Crippen LogP contribution in [0.2, 0.25) is 0 Å². The number of phenols is 1. The molecule has 3 heterocycles. The molecule has 3 aliphatic heterocycles. The minimum Gasteiger partial charge on any atom is -0.504 e. The number of hydrogen-bond donors (Lipinski definition) is 2. The summed E-state index contributed by atoms with van der Waals surface area (Å²) in [5.41, 5.74) is 3.95. The molecular formula is C20H21NO6. The fraction of sp³-hybridized carbons (Fsp3) is 0.400. The molecule has 142 valence electrons. The van der Waals surface area contributed by atoms with E-state index in [2.05, 4.69) is 5.32 Å². The van der Waals surface area contributed by atoms with Crippen LogP contribution in [0.3, 0.4) is 0 Å². The lowest BCUT2D eigenvalue weighted by Gasteiger charge is -2.38. The molecule has 0 aliphatic carbocycles. The van der Waals surface area contributed by atoms with Crippen LogP contribution in [0.1, 0.15) is 40.7 Å². The first-order chi connectivity index (χ1) is 13.2. The minimum atomic E-state index is -0.588. The third kappa shape index (κ3) is 2.46. The predicted molar refractivity (Wildman–Crippen MR) is 95.2 cm³/mol. The van der Waals surface area contributed by atoms with Crippen LogP contribution >= 0.6 is 0 Å². The SMILES string of the molecule is COc1cc2c(cc1O)[C@H]1O[C@@H](OC)c3c(ccc4c3OCO4)[C@H]1NCC2. The van der Waals surface area contributed by atoms with Gasteiger partial charge in [-0.1, -0.05) is 6.07 Å². The Morgan fingerprint density at radius 2 is 2.04 bits per heavy atom. The highest BCUT2D eigenvalue weighted by Crippen LogP contribution is 2.53. The van der Waals surface area contributed by atoms with Crippen LogP contribution in [-0.2, 0) is 15.9 Å². The number of nitrogens with one attached hydrogen (secondary N) is 1. The quantitative estimate of drug-likeness (QED) is 0.840. The van der Waals surface area contributed by atoms with Gasteiger partial charge >= 0.3 is 0 Å². The van der Waals surface area contributed by atoms with Crippen molar-refractivity contribution >= 4 is 0 Å². The maximum Gasteiger partial charge on any atom is 0.231 e. The smallest absolute Gasteiger partial charge is 0.231 e. The second kappa shape index (κ2) is 6.30. The van der Waals surface area contributed by atoms with E-state index >= 15 is 0 Å². The van der Waals surface area contributed by atoms with Crippen LogP contribution in [0.15, 0.2) is 24.3 Å². The second-order valence-corrected chi connectivity index (χ2v) is 6.83. The summed E-state index contributed by atoms with van der Waals surface area (Å²) in [7, 11) is 3.16. The molecule has 0 radical (unpaired) electrons. The molecule has 0 saturated carbocycles. The molecule has 0 amide bonds. The Labute approximate surface area is 156 Å². The molecule has 0 fully saturated rings. The van der Waals surface area contributed by atoms with Gasteiger partial charge in [-0.25, -0.2) is 0 Å². The average molecular weight is 371 g/mol. The van der Waals surface area contributed by atoms with E-state index in [9.17, 15) is 5.11 Å². The van der Waals surface area contributed by atoms with Gasteiger partial charge in [-0.15, -0.1) is 0 Å². The number of methoxy groups -OCH3 is 2. The van der Waals surface area contributed by atoms with Crippen LogP contribution < -0.4 is 19.5 Å². The number of benzene rings is 2. The highest BCUT2D eigenvalue weighted by Gasteiger charge is 2.42. The molecule has 5 rings (SSSR count). The molecule has 0 unspecified atom stereocenters. The van der Waals surface area contributed by atoms with Crippen molar-refractivity contribution in [2.24, 2.45) is 0 Å². The molecule has 3 atom stereocenters. The van der Waals surface area contributed by atoms with Crippen molar-refractivity contribution in [2.75, 3.05) is 27.6 Å². The third-order valence-electron chi connectivity index (χ3n) is 5.47. The first kappa shape index (κ1) is 16.7.